The summed E-state index contributed by atoms with van der Waals surface area (Å²) < 4.78 is 17.1. The largest absolute Gasteiger partial charge is 0.399 e. The molecule has 1 aliphatic carbocycles. The molecule has 106 valence electrons. The van der Waals surface area contributed by atoms with E-state index in [1.807, 2.05) is 24.3 Å². The van der Waals surface area contributed by atoms with Gasteiger partial charge in [-0.05, 0) is 43.2 Å². The van der Waals surface area contributed by atoms with Crippen molar-refractivity contribution in [2.24, 2.45) is 0 Å². The van der Waals surface area contributed by atoms with E-state index < -0.39 is 0 Å². The fraction of sp³-hybridized carbons (Fsp3) is 0.188. The Labute approximate surface area is 129 Å². The number of benzene rings is 2. The van der Waals surface area contributed by atoms with Crippen LogP contribution in [0.1, 0.15) is 18.9 Å². The number of rotatable bonds is 2. The van der Waals surface area contributed by atoms with Gasteiger partial charge in [0.15, 0.2) is 5.82 Å². The first-order valence-electron chi connectivity index (χ1n) is 6.87. The lowest BCUT2D eigenvalue weighted by atomic mass is 10.2. The van der Waals surface area contributed by atoms with Crippen LogP contribution < -0.4 is 5.73 Å². The number of halogens is 2. The molecule has 2 N–H and O–H groups in total. The number of para-hydroxylation sites is 1. The Morgan fingerprint density at radius 1 is 1.24 bits per heavy atom. The second-order valence-corrected chi connectivity index (χ2v) is 6.24. The summed E-state index contributed by atoms with van der Waals surface area (Å²) in [6.07, 6.45) is 2.21. The lowest BCUT2D eigenvalue weighted by Crippen LogP contribution is -1.98. The van der Waals surface area contributed by atoms with E-state index in [-0.39, 0.29) is 5.82 Å². The summed E-state index contributed by atoms with van der Waals surface area (Å²) in [5.41, 5.74) is 8.74. The molecular formula is C16H13BrFN3. The number of anilines is 1. The van der Waals surface area contributed by atoms with Gasteiger partial charge in [0.05, 0.1) is 5.52 Å². The van der Waals surface area contributed by atoms with E-state index in [1.165, 1.54) is 6.07 Å². The normalized spacial score (nSPS) is 14.8. The Hall–Kier alpha value is -1.88. The minimum atomic E-state index is -0.284. The molecule has 0 aliphatic heterocycles. The predicted molar refractivity (Wildman–Crippen MR) is 85.5 cm³/mol. The molecule has 0 radical (unpaired) electrons. The monoisotopic (exact) mass is 345 g/mol. The molecule has 0 atom stereocenters. The maximum Gasteiger partial charge on any atom is 0.151 e. The van der Waals surface area contributed by atoms with E-state index in [0.717, 1.165) is 34.2 Å². The number of nitrogens with two attached hydrogens (primary N) is 1. The van der Waals surface area contributed by atoms with Gasteiger partial charge in [-0.25, -0.2) is 9.37 Å². The van der Waals surface area contributed by atoms with Crippen molar-refractivity contribution in [2.45, 2.75) is 18.9 Å². The molecule has 1 saturated carbocycles. The number of imidazole rings is 1. The van der Waals surface area contributed by atoms with Crippen molar-refractivity contribution in [1.82, 2.24) is 9.55 Å². The number of nitrogens with zero attached hydrogens (tertiary/aromatic N) is 2. The zero-order valence-corrected chi connectivity index (χ0v) is 12.8. The molecule has 4 rings (SSSR count). The molecular weight excluding hydrogens is 333 g/mol. The zero-order chi connectivity index (χ0) is 14.6. The van der Waals surface area contributed by atoms with Gasteiger partial charge in [0.25, 0.3) is 0 Å². The van der Waals surface area contributed by atoms with Crippen LogP contribution in [0.3, 0.4) is 0 Å². The Bertz CT molecular complexity index is 852. The molecule has 5 heteroatoms. The summed E-state index contributed by atoms with van der Waals surface area (Å²) in [6, 6.07) is 11.1. The Balaban J connectivity index is 2.06. The van der Waals surface area contributed by atoms with Crippen molar-refractivity contribution in [3.05, 3.63) is 46.7 Å². The topological polar surface area (TPSA) is 43.8 Å². The van der Waals surface area contributed by atoms with E-state index >= 15 is 0 Å². The number of nitrogen functional groups attached to an aromatic ring is 1. The van der Waals surface area contributed by atoms with Crippen molar-refractivity contribution >= 4 is 32.7 Å². The molecule has 0 unspecified atom stereocenters. The average Bonchev–Trinajstić information content (AvgIpc) is 3.22. The highest BCUT2D eigenvalue weighted by molar-refractivity contribution is 9.10. The van der Waals surface area contributed by atoms with Crippen LogP contribution in [0.4, 0.5) is 10.1 Å². The highest BCUT2D eigenvalue weighted by atomic mass is 79.9. The molecule has 1 aliphatic rings. The summed E-state index contributed by atoms with van der Waals surface area (Å²) in [5, 5.41) is 0. The molecule has 1 aromatic heterocycles. The van der Waals surface area contributed by atoms with Crippen molar-refractivity contribution in [2.75, 3.05) is 5.73 Å². The third kappa shape index (κ3) is 2.03. The second kappa shape index (κ2) is 4.56. The maximum atomic E-state index is 14.0. The Morgan fingerprint density at radius 3 is 2.81 bits per heavy atom. The van der Waals surface area contributed by atoms with Crippen molar-refractivity contribution in [1.29, 1.82) is 0 Å². The van der Waals surface area contributed by atoms with Gasteiger partial charge in [0.2, 0.25) is 0 Å². The summed E-state index contributed by atoms with van der Waals surface area (Å²) in [6.45, 7) is 0. The SMILES string of the molecule is Nc1ccc(Br)c(-c2nc3c(F)cccc3n2C2CC2)c1. The van der Waals surface area contributed by atoms with E-state index in [0.29, 0.717) is 17.2 Å². The molecule has 3 nitrogen and oxygen atoms in total. The number of fused-ring (bicyclic) bond motifs is 1. The predicted octanol–water partition coefficient (Wildman–Crippen LogP) is 4.52. The van der Waals surface area contributed by atoms with Crippen LogP contribution in [-0.2, 0) is 0 Å². The van der Waals surface area contributed by atoms with Crippen LogP contribution >= 0.6 is 15.9 Å². The second-order valence-electron chi connectivity index (χ2n) is 5.38. The van der Waals surface area contributed by atoms with E-state index in [1.54, 1.807) is 6.07 Å². The number of aromatic nitrogens is 2. The van der Waals surface area contributed by atoms with Gasteiger partial charge >= 0.3 is 0 Å². The van der Waals surface area contributed by atoms with Gasteiger partial charge in [0, 0.05) is 21.8 Å². The minimum Gasteiger partial charge on any atom is -0.399 e. The van der Waals surface area contributed by atoms with Crippen LogP contribution in [0.25, 0.3) is 22.4 Å². The number of hydrogen-bond acceptors (Lipinski definition) is 2. The fourth-order valence-electron chi connectivity index (χ4n) is 2.69. The van der Waals surface area contributed by atoms with E-state index in [9.17, 15) is 4.39 Å². The fourth-order valence-corrected chi connectivity index (χ4v) is 3.11. The first-order valence-corrected chi connectivity index (χ1v) is 7.66. The minimum absolute atomic E-state index is 0.284. The first-order chi connectivity index (χ1) is 10.1. The van der Waals surface area contributed by atoms with E-state index in [4.69, 9.17) is 5.73 Å². The van der Waals surface area contributed by atoms with Gasteiger partial charge in [-0.3, -0.25) is 0 Å². The van der Waals surface area contributed by atoms with Gasteiger partial charge < -0.3 is 10.3 Å². The van der Waals surface area contributed by atoms with Gasteiger partial charge in [-0.1, -0.05) is 22.0 Å². The van der Waals surface area contributed by atoms with Gasteiger partial charge in [-0.2, -0.15) is 0 Å². The quantitative estimate of drug-likeness (QED) is 0.693. The molecule has 0 amide bonds. The van der Waals surface area contributed by atoms with Crippen LogP contribution in [0.5, 0.6) is 0 Å². The molecule has 1 fully saturated rings. The van der Waals surface area contributed by atoms with E-state index in [2.05, 4.69) is 25.5 Å². The summed E-state index contributed by atoms with van der Waals surface area (Å²) >= 11 is 3.54. The molecule has 0 bridgehead atoms. The highest BCUT2D eigenvalue weighted by Gasteiger charge is 2.29. The smallest absolute Gasteiger partial charge is 0.151 e. The molecule has 0 saturated heterocycles. The van der Waals surface area contributed by atoms with Crippen LogP contribution in [-0.4, -0.2) is 9.55 Å². The lowest BCUT2D eigenvalue weighted by molar-refractivity contribution is 0.637. The average molecular weight is 346 g/mol. The zero-order valence-electron chi connectivity index (χ0n) is 11.2. The third-order valence-electron chi connectivity index (χ3n) is 3.81. The van der Waals surface area contributed by atoms with Gasteiger partial charge in [0.1, 0.15) is 11.3 Å². The summed E-state index contributed by atoms with van der Waals surface area (Å²) in [5.74, 6) is 0.491. The maximum absolute atomic E-state index is 14.0. The summed E-state index contributed by atoms with van der Waals surface area (Å²) in [7, 11) is 0. The van der Waals surface area contributed by atoms with Crippen molar-refractivity contribution < 1.29 is 4.39 Å². The first kappa shape index (κ1) is 12.8. The van der Waals surface area contributed by atoms with Crippen molar-refractivity contribution in [3.63, 3.8) is 0 Å². The van der Waals surface area contributed by atoms with Crippen LogP contribution in [0, 0.1) is 5.82 Å². The Kier molecular flexibility index (Phi) is 2.79. The Morgan fingerprint density at radius 2 is 2.05 bits per heavy atom. The number of hydrogen-bond donors (Lipinski definition) is 1. The molecule has 2 aromatic carbocycles. The standard InChI is InChI=1S/C16H13BrFN3/c17-12-7-4-9(19)8-11(12)16-20-15-13(18)2-1-3-14(15)21(16)10-5-6-10/h1-4,7-8,10H,5-6,19H2. The third-order valence-corrected chi connectivity index (χ3v) is 4.51. The van der Waals surface area contributed by atoms with Gasteiger partial charge in [-0.15, -0.1) is 0 Å². The van der Waals surface area contributed by atoms with Crippen LogP contribution in [0.2, 0.25) is 0 Å². The van der Waals surface area contributed by atoms with Crippen molar-refractivity contribution in [3.8, 4) is 11.4 Å². The molecule has 3 aromatic rings. The molecule has 21 heavy (non-hydrogen) atoms. The van der Waals surface area contributed by atoms with Crippen LogP contribution in [0.15, 0.2) is 40.9 Å². The molecule has 0 spiro atoms. The lowest BCUT2D eigenvalue weighted by Gasteiger charge is -2.10. The molecule has 1 heterocycles. The summed E-state index contributed by atoms with van der Waals surface area (Å²) in [4.78, 5) is 4.55. The highest BCUT2D eigenvalue weighted by Crippen LogP contribution is 2.43.